The molecule has 2 rings (SSSR count). The maximum atomic E-state index is 12.0. The van der Waals surface area contributed by atoms with Crippen LogP contribution in [0.15, 0.2) is 24.3 Å². The molecular formula is C16H27N3O3S. The molecule has 1 aliphatic heterocycles. The predicted octanol–water partition coefficient (Wildman–Crippen LogP) is -0.128. The Bertz CT molecular complexity index is 602. The molecule has 1 heterocycles. The van der Waals surface area contributed by atoms with Gasteiger partial charge in [-0.3, -0.25) is 4.90 Å². The third-order valence-corrected chi connectivity index (χ3v) is 6.29. The van der Waals surface area contributed by atoms with E-state index in [1.807, 2.05) is 0 Å². The molecule has 0 spiro atoms. The fraction of sp³-hybridized carbons (Fsp3) is 0.625. The van der Waals surface area contributed by atoms with Crippen LogP contribution in [0.25, 0.3) is 0 Å². The first-order valence-corrected chi connectivity index (χ1v) is 9.51. The van der Waals surface area contributed by atoms with Gasteiger partial charge in [0.25, 0.3) is 0 Å². The molecule has 1 aromatic rings. The summed E-state index contributed by atoms with van der Waals surface area (Å²) in [6, 6.07) is 8.29. The van der Waals surface area contributed by atoms with E-state index in [1.54, 1.807) is 0 Å². The molecule has 0 aliphatic carbocycles. The van der Waals surface area contributed by atoms with Crippen molar-refractivity contribution in [3.63, 3.8) is 0 Å². The molecule has 0 saturated carbocycles. The van der Waals surface area contributed by atoms with E-state index in [4.69, 9.17) is 5.73 Å². The van der Waals surface area contributed by atoms with E-state index in [9.17, 15) is 13.5 Å². The first-order valence-electron chi connectivity index (χ1n) is 7.90. The Labute approximate surface area is 138 Å². The van der Waals surface area contributed by atoms with E-state index < -0.39 is 16.1 Å². The zero-order chi connectivity index (χ0) is 17.0. The predicted molar refractivity (Wildman–Crippen MR) is 91.4 cm³/mol. The van der Waals surface area contributed by atoms with Gasteiger partial charge in [-0.1, -0.05) is 24.3 Å². The molecule has 0 aromatic heterocycles. The number of nitrogens with two attached hydrogens (primary N) is 1. The van der Waals surface area contributed by atoms with Gasteiger partial charge in [-0.05, 0) is 24.1 Å². The normalized spacial score (nSPS) is 22.8. The number of aliphatic hydroxyl groups excluding tert-OH is 1. The fourth-order valence-electron chi connectivity index (χ4n) is 2.89. The van der Waals surface area contributed by atoms with Gasteiger partial charge in [0.2, 0.25) is 10.0 Å². The number of hydrogen-bond donors (Lipinski definition) is 2. The minimum atomic E-state index is -3.29. The minimum absolute atomic E-state index is 0.00684. The summed E-state index contributed by atoms with van der Waals surface area (Å²) in [5, 5.41) is 10.2. The van der Waals surface area contributed by atoms with Crippen LogP contribution in [0.1, 0.15) is 11.1 Å². The Balaban J connectivity index is 1.93. The van der Waals surface area contributed by atoms with Gasteiger partial charge in [0.1, 0.15) is 0 Å². The first-order chi connectivity index (χ1) is 10.8. The number of benzene rings is 1. The minimum Gasteiger partial charge on any atom is -0.391 e. The van der Waals surface area contributed by atoms with Crippen molar-refractivity contribution in [1.29, 1.82) is 0 Å². The fourth-order valence-corrected chi connectivity index (χ4v) is 4.06. The lowest BCUT2D eigenvalue weighted by Crippen LogP contribution is -2.33. The van der Waals surface area contributed by atoms with Crippen LogP contribution >= 0.6 is 0 Å². The topological polar surface area (TPSA) is 86.9 Å². The van der Waals surface area contributed by atoms with Gasteiger partial charge in [-0.25, -0.2) is 12.7 Å². The molecule has 1 saturated heterocycles. The zero-order valence-corrected chi connectivity index (χ0v) is 14.7. The Kier molecular flexibility index (Phi) is 6.16. The van der Waals surface area contributed by atoms with E-state index in [1.165, 1.54) is 24.0 Å². The summed E-state index contributed by atoms with van der Waals surface area (Å²) in [6.07, 6.45) is 0.272. The van der Waals surface area contributed by atoms with E-state index in [2.05, 4.69) is 29.2 Å². The number of hydrogen-bond acceptors (Lipinski definition) is 5. The molecule has 1 aromatic carbocycles. The van der Waals surface area contributed by atoms with Crippen LogP contribution in [0.2, 0.25) is 0 Å². The van der Waals surface area contributed by atoms with Gasteiger partial charge in [0, 0.05) is 39.6 Å². The lowest BCUT2D eigenvalue weighted by atomic mass is 10.1. The number of likely N-dealkylation sites (tertiary alicyclic amines) is 1. The second kappa shape index (κ2) is 7.72. The Morgan fingerprint density at radius 1 is 1.22 bits per heavy atom. The highest BCUT2D eigenvalue weighted by atomic mass is 32.2. The lowest BCUT2D eigenvalue weighted by molar-refractivity contribution is 0.148. The van der Waals surface area contributed by atoms with E-state index >= 15 is 0 Å². The molecule has 7 heteroatoms. The Morgan fingerprint density at radius 2 is 1.83 bits per heavy atom. The number of β-amino-alcohol motifs (C(OH)–C–C–N with tert-alkyl or cyclic N) is 1. The maximum Gasteiger partial charge on any atom is 0.214 e. The highest BCUT2D eigenvalue weighted by molar-refractivity contribution is 7.89. The molecule has 0 radical (unpaired) electrons. The van der Waals surface area contributed by atoms with Crippen molar-refractivity contribution in [1.82, 2.24) is 9.21 Å². The van der Waals surface area contributed by atoms with Gasteiger partial charge in [0.15, 0.2) is 0 Å². The SMILES string of the molecule is CN(C)S(=O)(=O)C[C@@H]1CN(Cc2ccc(CCN)cc2)C[C@H]1O. The molecule has 0 unspecified atom stereocenters. The van der Waals surface area contributed by atoms with Crippen molar-refractivity contribution in [2.45, 2.75) is 19.1 Å². The standard InChI is InChI=1S/C16H27N3O3S/c1-18(2)23(21,22)12-15-10-19(11-16(15)20)9-14-5-3-13(4-6-14)7-8-17/h3-6,15-16,20H,7-12,17H2,1-2H3/t15-,16+/m0/s1. The van der Waals surface area contributed by atoms with Crippen molar-refractivity contribution in [2.24, 2.45) is 11.7 Å². The zero-order valence-electron chi connectivity index (χ0n) is 13.9. The van der Waals surface area contributed by atoms with Crippen molar-refractivity contribution in [3.05, 3.63) is 35.4 Å². The van der Waals surface area contributed by atoms with Crippen LogP contribution in [0, 0.1) is 5.92 Å². The summed E-state index contributed by atoms with van der Waals surface area (Å²) < 4.78 is 25.2. The number of nitrogens with zero attached hydrogens (tertiary/aromatic N) is 2. The molecule has 23 heavy (non-hydrogen) atoms. The number of aliphatic hydroxyl groups is 1. The van der Waals surface area contributed by atoms with Gasteiger partial charge in [0.05, 0.1) is 11.9 Å². The Morgan fingerprint density at radius 3 is 2.39 bits per heavy atom. The lowest BCUT2D eigenvalue weighted by Gasteiger charge is -2.18. The number of rotatable bonds is 7. The van der Waals surface area contributed by atoms with Crippen molar-refractivity contribution >= 4 is 10.0 Å². The van der Waals surface area contributed by atoms with Crippen LogP contribution in [0.4, 0.5) is 0 Å². The molecule has 2 atom stereocenters. The summed E-state index contributed by atoms with van der Waals surface area (Å²) in [5.74, 6) is -0.244. The maximum absolute atomic E-state index is 12.0. The summed E-state index contributed by atoms with van der Waals surface area (Å²) in [5.41, 5.74) is 7.92. The van der Waals surface area contributed by atoms with Gasteiger partial charge < -0.3 is 10.8 Å². The molecule has 1 fully saturated rings. The van der Waals surface area contributed by atoms with Crippen molar-refractivity contribution in [2.75, 3.05) is 39.5 Å². The highest BCUT2D eigenvalue weighted by Crippen LogP contribution is 2.22. The van der Waals surface area contributed by atoms with Gasteiger partial charge in [-0.15, -0.1) is 0 Å². The molecule has 1 aliphatic rings. The first kappa shape index (κ1) is 18.4. The smallest absolute Gasteiger partial charge is 0.214 e. The average Bonchev–Trinajstić information content (AvgIpc) is 2.80. The summed E-state index contributed by atoms with van der Waals surface area (Å²) in [6.45, 7) is 2.47. The van der Waals surface area contributed by atoms with E-state index in [-0.39, 0.29) is 11.7 Å². The van der Waals surface area contributed by atoms with Crippen LogP contribution in [0.3, 0.4) is 0 Å². The highest BCUT2D eigenvalue weighted by Gasteiger charge is 2.35. The third-order valence-electron chi connectivity index (χ3n) is 4.33. The molecule has 130 valence electrons. The van der Waals surface area contributed by atoms with Crippen molar-refractivity contribution < 1.29 is 13.5 Å². The van der Waals surface area contributed by atoms with Crippen LogP contribution in [-0.4, -0.2) is 68.3 Å². The van der Waals surface area contributed by atoms with Crippen LogP contribution < -0.4 is 5.73 Å². The largest absolute Gasteiger partial charge is 0.391 e. The van der Waals surface area contributed by atoms with E-state index in [0.29, 0.717) is 19.6 Å². The second-order valence-electron chi connectivity index (χ2n) is 6.44. The summed E-state index contributed by atoms with van der Waals surface area (Å²) in [7, 11) is -0.238. The monoisotopic (exact) mass is 341 g/mol. The second-order valence-corrected chi connectivity index (χ2v) is 8.67. The van der Waals surface area contributed by atoms with E-state index in [0.717, 1.165) is 18.5 Å². The summed E-state index contributed by atoms with van der Waals surface area (Å²) in [4.78, 5) is 2.11. The molecule has 6 nitrogen and oxygen atoms in total. The molecule has 0 amide bonds. The summed E-state index contributed by atoms with van der Waals surface area (Å²) >= 11 is 0. The number of sulfonamides is 1. The van der Waals surface area contributed by atoms with Gasteiger partial charge >= 0.3 is 0 Å². The molecule has 0 bridgehead atoms. The third kappa shape index (κ3) is 4.99. The van der Waals surface area contributed by atoms with Gasteiger partial charge in [-0.2, -0.15) is 0 Å². The quantitative estimate of drug-likeness (QED) is 0.722. The molecule has 3 N–H and O–H groups in total. The van der Waals surface area contributed by atoms with Crippen LogP contribution in [0.5, 0.6) is 0 Å². The average molecular weight is 341 g/mol. The van der Waals surface area contributed by atoms with Crippen LogP contribution in [-0.2, 0) is 23.0 Å². The molecular weight excluding hydrogens is 314 g/mol. The van der Waals surface area contributed by atoms with Crippen molar-refractivity contribution in [3.8, 4) is 0 Å². The Hall–Kier alpha value is -0.990.